The Hall–Kier alpha value is -3.12. The van der Waals surface area contributed by atoms with Crippen LogP contribution < -0.4 is 15.0 Å². The number of nitrogens with zero attached hydrogens (tertiary/aromatic N) is 3. The number of piperazine rings is 1. The number of hydrogen-bond acceptors (Lipinski definition) is 5. The number of pyridine rings is 1. The predicted octanol–water partition coefficient (Wildman–Crippen LogP) is 3.39. The molecule has 0 bridgehead atoms. The molecular formula is C23H26N4O2. The lowest BCUT2D eigenvalue weighted by atomic mass is 10.1. The average Bonchev–Trinajstić information content (AvgIpc) is 2.79. The van der Waals surface area contributed by atoms with Gasteiger partial charge in [-0.05, 0) is 43.3 Å². The maximum atomic E-state index is 12.9. The molecule has 29 heavy (non-hydrogen) atoms. The van der Waals surface area contributed by atoms with E-state index in [0.29, 0.717) is 0 Å². The van der Waals surface area contributed by atoms with Crippen molar-refractivity contribution in [3.05, 3.63) is 60.8 Å². The molecule has 2 aromatic carbocycles. The summed E-state index contributed by atoms with van der Waals surface area (Å²) in [5, 5.41) is 4.04. The minimum absolute atomic E-state index is 0.00657. The third-order valence-electron chi connectivity index (χ3n) is 5.57. The number of ether oxygens (including phenoxy) is 1. The van der Waals surface area contributed by atoms with Crippen LogP contribution in [0.5, 0.6) is 5.75 Å². The lowest BCUT2D eigenvalue weighted by molar-refractivity contribution is -0.120. The summed E-state index contributed by atoms with van der Waals surface area (Å²) >= 11 is 0. The molecule has 1 saturated heterocycles. The number of benzene rings is 2. The Kier molecular flexibility index (Phi) is 5.62. The van der Waals surface area contributed by atoms with Gasteiger partial charge >= 0.3 is 0 Å². The van der Waals surface area contributed by atoms with Gasteiger partial charge in [-0.2, -0.15) is 0 Å². The highest BCUT2D eigenvalue weighted by Crippen LogP contribution is 2.28. The number of aromatic nitrogens is 1. The summed E-state index contributed by atoms with van der Waals surface area (Å²) in [7, 11) is 1.70. The number of carbonyl (C=O) groups is 1. The molecule has 1 atom stereocenters. The molecular weight excluding hydrogens is 364 g/mol. The first kappa shape index (κ1) is 19.2. The van der Waals surface area contributed by atoms with Gasteiger partial charge < -0.3 is 15.0 Å². The van der Waals surface area contributed by atoms with Crippen molar-refractivity contribution < 1.29 is 9.53 Å². The van der Waals surface area contributed by atoms with E-state index in [1.165, 1.54) is 0 Å². The van der Waals surface area contributed by atoms with Gasteiger partial charge in [0.25, 0.3) is 0 Å². The zero-order chi connectivity index (χ0) is 20.2. The van der Waals surface area contributed by atoms with Gasteiger partial charge in [0.2, 0.25) is 5.91 Å². The number of carbonyl (C=O) groups excluding carboxylic acids is 1. The maximum Gasteiger partial charge on any atom is 0.241 e. The molecule has 1 fully saturated rings. The summed E-state index contributed by atoms with van der Waals surface area (Å²) in [5.41, 5.74) is 2.79. The minimum Gasteiger partial charge on any atom is -0.495 e. The number of hydrogen-bond donors (Lipinski definition) is 1. The number of nitrogens with one attached hydrogen (secondary N) is 1. The standard InChI is InChI=1S/C23H26N4O2/c1-17(23(28)25-20-9-5-8-19-18(20)7-6-12-24-19)26-13-15-27(16-14-26)21-10-3-4-11-22(21)29-2/h3-12,17H,13-16H2,1-2H3,(H,25,28). The van der Waals surface area contributed by atoms with Crippen molar-refractivity contribution in [1.29, 1.82) is 0 Å². The first-order chi connectivity index (χ1) is 14.2. The zero-order valence-electron chi connectivity index (χ0n) is 16.8. The van der Waals surface area contributed by atoms with E-state index in [0.717, 1.165) is 54.2 Å². The minimum atomic E-state index is -0.207. The highest BCUT2D eigenvalue weighted by Gasteiger charge is 2.26. The molecule has 150 valence electrons. The third-order valence-corrected chi connectivity index (χ3v) is 5.57. The molecule has 1 aliphatic heterocycles. The van der Waals surface area contributed by atoms with E-state index in [9.17, 15) is 4.79 Å². The summed E-state index contributed by atoms with van der Waals surface area (Å²) in [5.74, 6) is 0.892. The van der Waals surface area contributed by atoms with Gasteiger partial charge in [-0.1, -0.05) is 18.2 Å². The van der Waals surface area contributed by atoms with Gasteiger partial charge in [0, 0.05) is 37.8 Å². The Balaban J connectivity index is 1.40. The Labute approximate surface area is 171 Å². The fourth-order valence-corrected chi connectivity index (χ4v) is 3.86. The summed E-state index contributed by atoms with van der Waals surface area (Å²) < 4.78 is 5.49. The molecule has 1 unspecified atom stereocenters. The van der Waals surface area contributed by atoms with E-state index in [4.69, 9.17) is 4.74 Å². The summed E-state index contributed by atoms with van der Waals surface area (Å²) in [6, 6.07) is 17.5. The van der Waals surface area contributed by atoms with Crippen LogP contribution in [0.3, 0.4) is 0 Å². The molecule has 2 heterocycles. The topological polar surface area (TPSA) is 57.7 Å². The molecule has 4 rings (SSSR count). The van der Waals surface area contributed by atoms with Crippen LogP contribution in [-0.2, 0) is 4.79 Å². The normalized spacial score (nSPS) is 15.9. The van der Waals surface area contributed by atoms with Crippen LogP contribution in [-0.4, -0.2) is 55.1 Å². The number of methoxy groups -OCH3 is 1. The van der Waals surface area contributed by atoms with Crippen LogP contribution in [0.2, 0.25) is 0 Å². The van der Waals surface area contributed by atoms with Gasteiger partial charge in [-0.15, -0.1) is 0 Å². The number of amides is 1. The van der Waals surface area contributed by atoms with Crippen LogP contribution in [0.4, 0.5) is 11.4 Å². The Morgan fingerprint density at radius 2 is 1.83 bits per heavy atom. The van der Waals surface area contributed by atoms with Crippen LogP contribution in [0.25, 0.3) is 10.9 Å². The average molecular weight is 390 g/mol. The van der Waals surface area contributed by atoms with Crippen molar-refractivity contribution in [2.75, 3.05) is 43.5 Å². The van der Waals surface area contributed by atoms with E-state index in [2.05, 4.69) is 26.2 Å². The van der Waals surface area contributed by atoms with Crippen molar-refractivity contribution in [2.24, 2.45) is 0 Å². The molecule has 1 aromatic heterocycles. The van der Waals surface area contributed by atoms with E-state index in [-0.39, 0.29) is 11.9 Å². The second-order valence-corrected chi connectivity index (χ2v) is 7.24. The van der Waals surface area contributed by atoms with Gasteiger partial charge in [0.1, 0.15) is 5.75 Å². The summed E-state index contributed by atoms with van der Waals surface area (Å²) in [6.07, 6.45) is 1.76. The van der Waals surface area contributed by atoms with Crippen molar-refractivity contribution in [1.82, 2.24) is 9.88 Å². The number of rotatable bonds is 5. The van der Waals surface area contributed by atoms with Crippen molar-refractivity contribution >= 4 is 28.2 Å². The van der Waals surface area contributed by atoms with E-state index in [1.807, 2.05) is 55.5 Å². The smallest absolute Gasteiger partial charge is 0.241 e. The molecule has 0 radical (unpaired) electrons. The SMILES string of the molecule is COc1ccccc1N1CCN(C(C)C(=O)Nc2cccc3ncccc23)CC1. The quantitative estimate of drug-likeness (QED) is 0.724. The molecule has 1 amide bonds. The number of fused-ring (bicyclic) bond motifs is 1. The van der Waals surface area contributed by atoms with E-state index < -0.39 is 0 Å². The third kappa shape index (κ3) is 4.03. The zero-order valence-corrected chi connectivity index (χ0v) is 16.8. The van der Waals surface area contributed by atoms with Gasteiger partial charge in [0.15, 0.2) is 0 Å². The summed E-state index contributed by atoms with van der Waals surface area (Å²) in [6.45, 7) is 5.33. The second kappa shape index (κ2) is 8.49. The van der Waals surface area contributed by atoms with E-state index >= 15 is 0 Å². The first-order valence-corrected chi connectivity index (χ1v) is 9.94. The highest BCUT2D eigenvalue weighted by atomic mass is 16.5. The number of anilines is 2. The molecule has 6 nitrogen and oxygen atoms in total. The monoisotopic (exact) mass is 390 g/mol. The van der Waals surface area contributed by atoms with Crippen molar-refractivity contribution in [3.63, 3.8) is 0 Å². The van der Waals surface area contributed by atoms with Gasteiger partial charge in [-0.3, -0.25) is 14.7 Å². The summed E-state index contributed by atoms with van der Waals surface area (Å²) in [4.78, 5) is 21.8. The molecule has 3 aromatic rings. The van der Waals surface area contributed by atoms with Crippen molar-refractivity contribution in [2.45, 2.75) is 13.0 Å². The first-order valence-electron chi connectivity index (χ1n) is 9.94. The fraction of sp³-hybridized carbons (Fsp3) is 0.304. The highest BCUT2D eigenvalue weighted by molar-refractivity contribution is 6.02. The van der Waals surface area contributed by atoms with Crippen molar-refractivity contribution in [3.8, 4) is 5.75 Å². The van der Waals surface area contributed by atoms with Crippen LogP contribution in [0.1, 0.15) is 6.92 Å². The lowest BCUT2D eigenvalue weighted by Gasteiger charge is -2.38. The Morgan fingerprint density at radius 1 is 1.03 bits per heavy atom. The molecule has 0 aliphatic carbocycles. The molecule has 1 N–H and O–H groups in total. The maximum absolute atomic E-state index is 12.9. The second-order valence-electron chi connectivity index (χ2n) is 7.24. The molecule has 0 saturated carbocycles. The van der Waals surface area contributed by atoms with Gasteiger partial charge in [-0.25, -0.2) is 0 Å². The van der Waals surface area contributed by atoms with Crippen LogP contribution >= 0.6 is 0 Å². The molecule has 0 spiro atoms. The Morgan fingerprint density at radius 3 is 2.62 bits per heavy atom. The Bertz CT molecular complexity index is 994. The fourth-order valence-electron chi connectivity index (χ4n) is 3.86. The van der Waals surface area contributed by atoms with Crippen LogP contribution in [0.15, 0.2) is 60.8 Å². The van der Waals surface area contributed by atoms with Crippen LogP contribution in [0, 0.1) is 0 Å². The lowest BCUT2D eigenvalue weighted by Crippen LogP contribution is -2.52. The number of para-hydroxylation sites is 2. The predicted molar refractivity (Wildman–Crippen MR) is 117 cm³/mol. The van der Waals surface area contributed by atoms with E-state index in [1.54, 1.807) is 13.3 Å². The molecule has 1 aliphatic rings. The largest absolute Gasteiger partial charge is 0.495 e. The molecule has 6 heteroatoms. The van der Waals surface area contributed by atoms with Gasteiger partial charge in [0.05, 0.1) is 30.0 Å².